The van der Waals surface area contributed by atoms with Gasteiger partial charge in [-0.25, -0.2) is 0 Å². The molecule has 0 aromatic heterocycles. The summed E-state index contributed by atoms with van der Waals surface area (Å²) in [5.74, 6) is -0.193. The molecule has 3 nitrogen and oxygen atoms in total. The molecule has 0 bridgehead atoms. The van der Waals surface area contributed by atoms with Gasteiger partial charge in [0.2, 0.25) is 5.91 Å². The number of hydrazine groups is 1. The maximum Gasteiger partial charge on any atom is 0.247 e. The Bertz CT molecular complexity index is 408. The first kappa shape index (κ1) is 11.6. The molecule has 0 saturated heterocycles. The predicted octanol–water partition coefficient (Wildman–Crippen LogP) is 2.71. The lowest BCUT2D eigenvalue weighted by Gasteiger charge is -2.13. The highest BCUT2D eigenvalue weighted by Gasteiger charge is 2.68. The van der Waals surface area contributed by atoms with Crippen LogP contribution in [0, 0.1) is 5.41 Å². The lowest BCUT2D eigenvalue weighted by Crippen LogP contribution is -2.37. The van der Waals surface area contributed by atoms with Gasteiger partial charge in [0.1, 0.15) is 4.33 Å². The summed E-state index contributed by atoms with van der Waals surface area (Å²) >= 11 is 11.8. The third-order valence-corrected chi connectivity index (χ3v) is 3.95. The van der Waals surface area contributed by atoms with Crippen LogP contribution >= 0.6 is 23.2 Å². The van der Waals surface area contributed by atoms with Gasteiger partial charge in [-0.05, 0) is 25.5 Å². The summed E-state index contributed by atoms with van der Waals surface area (Å²) in [5.41, 5.74) is 5.53. The van der Waals surface area contributed by atoms with Crippen molar-refractivity contribution in [3.8, 4) is 0 Å². The van der Waals surface area contributed by atoms with Crippen molar-refractivity contribution in [1.82, 2.24) is 5.43 Å². The normalized spacial score (nSPS) is 25.9. The third-order valence-electron chi connectivity index (χ3n) is 2.85. The molecule has 0 heterocycles. The van der Waals surface area contributed by atoms with E-state index in [1.54, 1.807) is 6.92 Å². The first-order chi connectivity index (χ1) is 7.46. The maximum atomic E-state index is 11.8. The third kappa shape index (κ3) is 1.97. The molecule has 1 aromatic rings. The van der Waals surface area contributed by atoms with Crippen molar-refractivity contribution >= 4 is 34.8 Å². The van der Waals surface area contributed by atoms with Gasteiger partial charge in [-0.15, -0.1) is 23.2 Å². The Labute approximate surface area is 104 Å². The number of benzene rings is 1. The Balaban J connectivity index is 1.91. The Morgan fingerprint density at radius 2 is 1.88 bits per heavy atom. The first-order valence-electron chi connectivity index (χ1n) is 4.95. The zero-order valence-electron chi connectivity index (χ0n) is 8.76. The molecule has 2 N–H and O–H groups in total. The van der Waals surface area contributed by atoms with E-state index in [9.17, 15) is 4.79 Å². The summed E-state index contributed by atoms with van der Waals surface area (Å²) in [6.07, 6.45) is 0.478. The molecule has 1 amide bonds. The number of alkyl halides is 2. The minimum absolute atomic E-state index is 0.193. The second-order valence-electron chi connectivity index (χ2n) is 4.16. The van der Waals surface area contributed by atoms with E-state index in [0.29, 0.717) is 6.42 Å². The second-order valence-corrected chi connectivity index (χ2v) is 5.64. The van der Waals surface area contributed by atoms with Crippen LogP contribution in [0.3, 0.4) is 0 Å². The molecule has 86 valence electrons. The molecule has 0 aliphatic heterocycles. The fraction of sp³-hybridized carbons (Fsp3) is 0.364. The van der Waals surface area contributed by atoms with Gasteiger partial charge in [-0.1, -0.05) is 18.2 Å². The average Bonchev–Trinajstić information content (AvgIpc) is 2.78. The molecule has 1 saturated carbocycles. The van der Waals surface area contributed by atoms with Gasteiger partial charge in [0.15, 0.2) is 0 Å². The van der Waals surface area contributed by atoms with E-state index in [0.717, 1.165) is 5.69 Å². The monoisotopic (exact) mass is 258 g/mol. The standard InChI is InChI=1S/C11H12Cl2N2O/c1-10(7-11(10,12)13)9(16)15-14-8-5-3-2-4-6-8/h2-6,14H,7H2,1H3,(H,15,16)/t10-/m1/s1. The van der Waals surface area contributed by atoms with Gasteiger partial charge in [0.05, 0.1) is 11.1 Å². The molecule has 1 aliphatic carbocycles. The molecule has 0 unspecified atom stereocenters. The molecule has 5 heteroatoms. The van der Waals surface area contributed by atoms with Crippen LogP contribution in [0.2, 0.25) is 0 Å². The van der Waals surface area contributed by atoms with E-state index in [2.05, 4.69) is 10.9 Å². The highest BCUT2D eigenvalue weighted by Crippen LogP contribution is 2.63. The van der Waals surface area contributed by atoms with E-state index in [4.69, 9.17) is 23.2 Å². The molecular weight excluding hydrogens is 247 g/mol. The molecule has 1 atom stereocenters. The topological polar surface area (TPSA) is 41.1 Å². The van der Waals surface area contributed by atoms with Gasteiger partial charge >= 0.3 is 0 Å². The van der Waals surface area contributed by atoms with Crippen molar-refractivity contribution in [2.45, 2.75) is 17.7 Å². The van der Waals surface area contributed by atoms with Crippen LogP contribution in [-0.2, 0) is 4.79 Å². The summed E-state index contributed by atoms with van der Waals surface area (Å²) in [6.45, 7) is 1.75. The van der Waals surface area contributed by atoms with Crippen molar-refractivity contribution in [2.75, 3.05) is 5.43 Å². The Hall–Kier alpha value is -0.930. The summed E-state index contributed by atoms with van der Waals surface area (Å²) in [7, 11) is 0. The van der Waals surface area contributed by atoms with Crippen LogP contribution in [-0.4, -0.2) is 10.2 Å². The summed E-state index contributed by atoms with van der Waals surface area (Å²) in [5, 5.41) is 0. The number of hydrogen-bond acceptors (Lipinski definition) is 2. The van der Waals surface area contributed by atoms with Crippen LogP contribution in [0.1, 0.15) is 13.3 Å². The largest absolute Gasteiger partial charge is 0.299 e. The first-order valence-corrected chi connectivity index (χ1v) is 5.71. The van der Waals surface area contributed by atoms with E-state index in [1.165, 1.54) is 0 Å². The van der Waals surface area contributed by atoms with Crippen LogP contribution < -0.4 is 10.9 Å². The number of carbonyl (C=O) groups is 1. The fourth-order valence-electron chi connectivity index (χ4n) is 1.43. The van der Waals surface area contributed by atoms with Gasteiger partial charge in [0.25, 0.3) is 0 Å². The fourth-order valence-corrected chi connectivity index (χ4v) is 2.14. The highest BCUT2D eigenvalue weighted by molar-refractivity contribution is 6.53. The van der Waals surface area contributed by atoms with E-state index >= 15 is 0 Å². The number of carbonyl (C=O) groups excluding carboxylic acids is 1. The van der Waals surface area contributed by atoms with Gasteiger partial charge in [0, 0.05) is 0 Å². The maximum absolute atomic E-state index is 11.8. The minimum atomic E-state index is -0.935. The van der Waals surface area contributed by atoms with E-state index < -0.39 is 9.75 Å². The molecule has 0 radical (unpaired) electrons. The number of halogens is 2. The molecule has 2 rings (SSSR count). The predicted molar refractivity (Wildman–Crippen MR) is 65.4 cm³/mol. The molecule has 1 aliphatic rings. The van der Waals surface area contributed by atoms with Gasteiger partial charge in [-0.3, -0.25) is 15.6 Å². The Morgan fingerprint density at radius 3 is 2.38 bits per heavy atom. The quantitative estimate of drug-likeness (QED) is 0.647. The van der Waals surface area contributed by atoms with Gasteiger partial charge < -0.3 is 0 Å². The number of para-hydroxylation sites is 1. The summed E-state index contributed by atoms with van der Waals surface area (Å²) < 4.78 is -0.935. The zero-order chi connectivity index (χ0) is 11.8. The van der Waals surface area contributed by atoms with Crippen molar-refractivity contribution < 1.29 is 4.79 Å². The molecular formula is C11H12Cl2N2O. The van der Waals surface area contributed by atoms with Crippen LogP contribution in [0.4, 0.5) is 5.69 Å². The molecule has 16 heavy (non-hydrogen) atoms. The van der Waals surface area contributed by atoms with Crippen molar-refractivity contribution in [2.24, 2.45) is 5.41 Å². The van der Waals surface area contributed by atoms with Crippen molar-refractivity contribution in [3.63, 3.8) is 0 Å². The lowest BCUT2D eigenvalue weighted by atomic mass is 10.1. The minimum Gasteiger partial charge on any atom is -0.299 e. The SMILES string of the molecule is C[C@]1(C(=O)NNc2ccccc2)CC1(Cl)Cl. The molecule has 0 spiro atoms. The number of nitrogens with one attached hydrogen (secondary N) is 2. The average molecular weight is 259 g/mol. The number of anilines is 1. The number of hydrogen-bond donors (Lipinski definition) is 2. The Morgan fingerprint density at radius 1 is 1.31 bits per heavy atom. The molecule has 1 aromatic carbocycles. The van der Waals surface area contributed by atoms with Crippen LogP contribution in [0.25, 0.3) is 0 Å². The smallest absolute Gasteiger partial charge is 0.247 e. The van der Waals surface area contributed by atoms with E-state index in [1.807, 2.05) is 30.3 Å². The summed E-state index contributed by atoms with van der Waals surface area (Å²) in [6, 6.07) is 9.35. The van der Waals surface area contributed by atoms with E-state index in [-0.39, 0.29) is 5.91 Å². The number of rotatable bonds is 3. The molecule has 1 fully saturated rings. The van der Waals surface area contributed by atoms with Crippen LogP contribution in [0.15, 0.2) is 30.3 Å². The second kappa shape index (κ2) is 3.82. The van der Waals surface area contributed by atoms with Crippen molar-refractivity contribution in [1.29, 1.82) is 0 Å². The van der Waals surface area contributed by atoms with Gasteiger partial charge in [-0.2, -0.15) is 0 Å². The van der Waals surface area contributed by atoms with Crippen molar-refractivity contribution in [3.05, 3.63) is 30.3 Å². The Kier molecular flexibility index (Phi) is 2.76. The zero-order valence-corrected chi connectivity index (χ0v) is 10.3. The lowest BCUT2D eigenvalue weighted by molar-refractivity contribution is -0.125. The summed E-state index contributed by atoms with van der Waals surface area (Å²) in [4.78, 5) is 11.8. The number of amides is 1. The highest BCUT2D eigenvalue weighted by atomic mass is 35.5. The van der Waals surface area contributed by atoms with Crippen LogP contribution in [0.5, 0.6) is 0 Å².